The van der Waals surface area contributed by atoms with E-state index in [-0.39, 0.29) is 23.5 Å². The van der Waals surface area contributed by atoms with Gasteiger partial charge in [0.1, 0.15) is 5.75 Å². The number of carbonyl (C=O) groups excluding carboxylic acids is 1. The minimum Gasteiger partial charge on any atom is -0.482 e. The van der Waals surface area contributed by atoms with Crippen LogP contribution in [0.3, 0.4) is 0 Å². The molecule has 0 unspecified atom stereocenters. The van der Waals surface area contributed by atoms with Gasteiger partial charge in [0, 0.05) is 17.7 Å². The number of nitrogens with two attached hydrogens (primary N) is 1. The van der Waals surface area contributed by atoms with Crippen molar-refractivity contribution in [1.82, 2.24) is 0 Å². The number of hydrogen-bond donors (Lipinski definition) is 1. The maximum atomic E-state index is 11.7. The molecule has 0 radical (unpaired) electrons. The van der Waals surface area contributed by atoms with Crippen molar-refractivity contribution in [1.29, 1.82) is 0 Å². The van der Waals surface area contributed by atoms with Crippen molar-refractivity contribution < 1.29 is 19.3 Å². The molecular formula is C19H21N3O5. The Morgan fingerprint density at radius 3 is 2.22 bits per heavy atom. The fraction of sp³-hybridized carbons (Fsp3) is 0.263. The molecule has 0 spiro atoms. The van der Waals surface area contributed by atoms with Crippen LogP contribution < -0.4 is 10.5 Å². The molecule has 0 bridgehead atoms. The largest absolute Gasteiger partial charge is 0.482 e. The molecular weight excluding hydrogens is 350 g/mol. The van der Waals surface area contributed by atoms with E-state index in [1.54, 1.807) is 12.1 Å². The van der Waals surface area contributed by atoms with Crippen molar-refractivity contribution in [3.63, 3.8) is 0 Å². The van der Waals surface area contributed by atoms with Crippen molar-refractivity contribution in [2.24, 2.45) is 10.9 Å². The van der Waals surface area contributed by atoms with Crippen molar-refractivity contribution >= 4 is 17.5 Å². The van der Waals surface area contributed by atoms with E-state index in [1.807, 2.05) is 12.1 Å². The first-order valence-electron chi connectivity index (χ1n) is 8.18. The second kappa shape index (κ2) is 8.31. The third-order valence-corrected chi connectivity index (χ3v) is 3.70. The topological polar surface area (TPSA) is 117 Å². The number of rotatable bonds is 6. The highest BCUT2D eigenvalue weighted by Crippen LogP contribution is 2.24. The number of nitro benzene ring substituents is 1. The molecule has 2 rings (SSSR count). The fourth-order valence-electron chi connectivity index (χ4n) is 2.13. The van der Waals surface area contributed by atoms with Gasteiger partial charge in [-0.2, -0.15) is 0 Å². The Morgan fingerprint density at radius 1 is 1.11 bits per heavy atom. The van der Waals surface area contributed by atoms with Crippen LogP contribution in [0.1, 0.15) is 31.9 Å². The number of nitrogens with zero attached hydrogens (tertiary/aromatic N) is 2. The van der Waals surface area contributed by atoms with Crippen LogP contribution in [0, 0.1) is 10.1 Å². The summed E-state index contributed by atoms with van der Waals surface area (Å²) in [6, 6.07) is 12.8. The molecule has 0 saturated heterocycles. The molecule has 2 aromatic rings. The molecule has 0 fully saturated rings. The van der Waals surface area contributed by atoms with Gasteiger partial charge in [0.25, 0.3) is 5.69 Å². The molecule has 0 saturated carbocycles. The van der Waals surface area contributed by atoms with E-state index in [0.29, 0.717) is 11.3 Å². The molecule has 0 heterocycles. The van der Waals surface area contributed by atoms with Gasteiger partial charge in [-0.3, -0.25) is 10.1 Å². The first-order valence-corrected chi connectivity index (χ1v) is 8.18. The summed E-state index contributed by atoms with van der Waals surface area (Å²) in [5.41, 5.74) is 7.20. The van der Waals surface area contributed by atoms with Crippen molar-refractivity contribution in [3.05, 3.63) is 69.8 Å². The Balaban J connectivity index is 1.88. The second-order valence-electron chi connectivity index (χ2n) is 6.81. The summed E-state index contributed by atoms with van der Waals surface area (Å²) in [5.74, 6) is -0.264. The van der Waals surface area contributed by atoms with E-state index in [2.05, 4.69) is 25.9 Å². The summed E-state index contributed by atoms with van der Waals surface area (Å²) in [5, 5.41) is 14.1. The Morgan fingerprint density at radius 2 is 1.70 bits per heavy atom. The lowest BCUT2D eigenvalue weighted by molar-refractivity contribution is -0.384. The highest BCUT2D eigenvalue weighted by atomic mass is 16.7. The number of ether oxygens (including phenoxy) is 1. The van der Waals surface area contributed by atoms with Gasteiger partial charge < -0.3 is 15.3 Å². The number of carbonyl (C=O) groups is 1. The second-order valence-corrected chi connectivity index (χ2v) is 6.81. The predicted octanol–water partition coefficient (Wildman–Crippen LogP) is 3.13. The average molecular weight is 371 g/mol. The van der Waals surface area contributed by atoms with E-state index in [4.69, 9.17) is 15.3 Å². The maximum absolute atomic E-state index is 11.7. The molecule has 0 aliphatic rings. The van der Waals surface area contributed by atoms with E-state index in [9.17, 15) is 14.9 Å². The standard InChI is InChI=1S/C19H21N3O5/c1-19(2,3)14-6-10-16(11-7-14)26-12-17(23)27-21-18(20)13-4-8-15(9-5-13)22(24)25/h4-11H,12H2,1-3H3,(H2,20,21). The number of nitro groups is 1. The lowest BCUT2D eigenvalue weighted by atomic mass is 9.87. The molecule has 8 heteroatoms. The van der Waals surface area contributed by atoms with Crippen molar-refractivity contribution in [2.45, 2.75) is 26.2 Å². The molecule has 2 N–H and O–H groups in total. The molecule has 142 valence electrons. The van der Waals surface area contributed by atoms with Gasteiger partial charge in [0.05, 0.1) is 4.92 Å². The first kappa shape index (κ1) is 19.9. The summed E-state index contributed by atoms with van der Waals surface area (Å²) in [7, 11) is 0. The molecule has 0 aliphatic heterocycles. The highest BCUT2D eigenvalue weighted by Gasteiger charge is 2.13. The average Bonchev–Trinajstić information content (AvgIpc) is 2.64. The van der Waals surface area contributed by atoms with Crippen LogP contribution in [0.4, 0.5) is 5.69 Å². The molecule has 0 atom stereocenters. The zero-order valence-electron chi connectivity index (χ0n) is 15.3. The SMILES string of the molecule is CC(C)(C)c1ccc(OCC(=O)O/N=C(/N)c2ccc([N+](=O)[O-])cc2)cc1. The number of benzene rings is 2. The molecule has 0 aliphatic carbocycles. The van der Waals surface area contributed by atoms with Gasteiger partial charge >= 0.3 is 5.97 Å². The number of hydrogen-bond acceptors (Lipinski definition) is 6. The Kier molecular flexibility index (Phi) is 6.12. The summed E-state index contributed by atoms with van der Waals surface area (Å²) in [4.78, 5) is 26.5. The van der Waals surface area contributed by atoms with Crippen LogP contribution in [-0.4, -0.2) is 23.3 Å². The third-order valence-electron chi connectivity index (χ3n) is 3.70. The van der Waals surface area contributed by atoms with E-state index >= 15 is 0 Å². The molecule has 8 nitrogen and oxygen atoms in total. The molecule has 2 aromatic carbocycles. The third kappa shape index (κ3) is 5.81. The lowest BCUT2D eigenvalue weighted by Gasteiger charge is -2.19. The zero-order valence-corrected chi connectivity index (χ0v) is 15.3. The number of non-ortho nitro benzene ring substituents is 1. The number of amidine groups is 1. The Hall–Kier alpha value is -3.42. The van der Waals surface area contributed by atoms with Gasteiger partial charge in [0.15, 0.2) is 12.4 Å². The summed E-state index contributed by atoms with van der Waals surface area (Å²) < 4.78 is 5.36. The monoisotopic (exact) mass is 371 g/mol. The van der Waals surface area contributed by atoms with E-state index < -0.39 is 10.9 Å². The number of oxime groups is 1. The van der Waals surface area contributed by atoms with Crippen LogP contribution in [0.25, 0.3) is 0 Å². The minimum absolute atomic E-state index is 0.0293. The van der Waals surface area contributed by atoms with Crippen LogP contribution in [0.5, 0.6) is 5.75 Å². The predicted molar refractivity (Wildman–Crippen MR) is 101 cm³/mol. The van der Waals surface area contributed by atoms with Gasteiger partial charge in [-0.15, -0.1) is 0 Å². The lowest BCUT2D eigenvalue weighted by Crippen LogP contribution is -2.18. The van der Waals surface area contributed by atoms with E-state index in [1.165, 1.54) is 24.3 Å². The summed E-state index contributed by atoms with van der Waals surface area (Å²) >= 11 is 0. The maximum Gasteiger partial charge on any atom is 0.372 e. The van der Waals surface area contributed by atoms with Crippen molar-refractivity contribution in [2.75, 3.05) is 6.61 Å². The Bertz CT molecular complexity index is 837. The van der Waals surface area contributed by atoms with Crippen LogP contribution >= 0.6 is 0 Å². The smallest absolute Gasteiger partial charge is 0.372 e. The Labute approximate surface area is 156 Å². The van der Waals surface area contributed by atoms with Gasteiger partial charge in [-0.05, 0) is 35.2 Å². The molecule has 0 amide bonds. The normalized spacial score (nSPS) is 11.7. The minimum atomic E-state index is -0.722. The quantitative estimate of drug-likeness (QED) is 0.274. The zero-order chi connectivity index (χ0) is 20.0. The van der Waals surface area contributed by atoms with Crippen molar-refractivity contribution in [3.8, 4) is 5.75 Å². The van der Waals surface area contributed by atoms with E-state index in [0.717, 1.165) is 5.56 Å². The van der Waals surface area contributed by atoms with Gasteiger partial charge in [-0.1, -0.05) is 38.1 Å². The van der Waals surface area contributed by atoms with Gasteiger partial charge in [0.2, 0.25) is 0 Å². The molecule has 27 heavy (non-hydrogen) atoms. The summed E-state index contributed by atoms with van der Waals surface area (Å²) in [6.45, 7) is 5.99. The first-order chi connectivity index (χ1) is 12.7. The summed E-state index contributed by atoms with van der Waals surface area (Å²) in [6.07, 6.45) is 0. The van der Waals surface area contributed by atoms with Crippen LogP contribution in [-0.2, 0) is 15.0 Å². The van der Waals surface area contributed by atoms with Crippen LogP contribution in [0.2, 0.25) is 0 Å². The highest BCUT2D eigenvalue weighted by molar-refractivity contribution is 5.97. The van der Waals surface area contributed by atoms with Gasteiger partial charge in [-0.25, -0.2) is 4.79 Å². The van der Waals surface area contributed by atoms with Crippen LogP contribution in [0.15, 0.2) is 53.7 Å². The molecule has 0 aromatic heterocycles. The fourth-order valence-corrected chi connectivity index (χ4v) is 2.13.